The van der Waals surface area contributed by atoms with Gasteiger partial charge in [0.2, 0.25) is 0 Å². The van der Waals surface area contributed by atoms with Gasteiger partial charge in [-0.25, -0.2) is 0 Å². The molecule has 4 aliphatic rings. The third-order valence-corrected chi connectivity index (χ3v) is 24.9. The zero-order valence-electron chi connectivity index (χ0n) is 62.0. The number of fused-ring (bicyclic) bond motifs is 18. The van der Waals surface area contributed by atoms with Crippen LogP contribution in [0.1, 0.15) is 388 Å². The summed E-state index contributed by atoms with van der Waals surface area (Å²) in [5, 5.41) is 0. The number of hydrogen-bond donors (Lipinski definition) is 0. The van der Waals surface area contributed by atoms with Gasteiger partial charge in [0.15, 0.2) is 0 Å². The molecule has 0 saturated heterocycles. The van der Waals surface area contributed by atoms with Crippen LogP contribution in [0.5, 0.6) is 0 Å². The highest BCUT2D eigenvalue weighted by molar-refractivity contribution is 5.96. The van der Waals surface area contributed by atoms with Gasteiger partial charge in [-0.1, -0.05) is 429 Å². The first-order chi connectivity index (χ1) is 47.4. The van der Waals surface area contributed by atoms with Gasteiger partial charge < -0.3 is 0 Å². The molecule has 514 valence electrons. The van der Waals surface area contributed by atoms with Gasteiger partial charge in [-0.05, 0) is 141 Å². The lowest BCUT2D eigenvalue weighted by Gasteiger charge is -2.50. The lowest BCUT2D eigenvalue weighted by Crippen LogP contribution is -2.44. The maximum Gasteiger partial charge on any atom is 0.0719 e. The molecule has 7 aromatic carbocycles. The van der Waals surface area contributed by atoms with Gasteiger partial charge in [0.25, 0.3) is 0 Å². The Morgan fingerprint density at radius 3 is 0.615 bits per heavy atom. The smallest absolute Gasteiger partial charge is 0.0654 e. The van der Waals surface area contributed by atoms with Crippen molar-refractivity contribution >= 4 is 0 Å². The number of hydrogen-bond acceptors (Lipinski definition) is 0. The van der Waals surface area contributed by atoms with Crippen LogP contribution in [-0.4, -0.2) is 0 Å². The molecule has 0 bridgehead atoms. The molecular formula is C96H130. The molecule has 0 saturated carbocycles. The summed E-state index contributed by atoms with van der Waals surface area (Å²) in [4.78, 5) is 0. The summed E-state index contributed by atoms with van der Waals surface area (Å²) in [7, 11) is 0. The summed E-state index contributed by atoms with van der Waals surface area (Å²) in [5.41, 5.74) is 26.0. The first-order valence-corrected chi connectivity index (χ1v) is 41.2. The van der Waals surface area contributed by atoms with Crippen molar-refractivity contribution in [1.82, 2.24) is 0 Å². The van der Waals surface area contributed by atoms with Gasteiger partial charge in [-0.15, -0.1) is 0 Å². The highest BCUT2D eigenvalue weighted by atomic mass is 14.6. The average molecular weight is 1280 g/mol. The second-order valence-electron chi connectivity index (χ2n) is 31.6. The van der Waals surface area contributed by atoms with Crippen molar-refractivity contribution in [2.24, 2.45) is 0 Å². The van der Waals surface area contributed by atoms with E-state index in [1.807, 2.05) is 0 Å². The second kappa shape index (κ2) is 35.5. The van der Waals surface area contributed by atoms with Crippen LogP contribution in [0.25, 0.3) is 22.3 Å². The summed E-state index contributed by atoms with van der Waals surface area (Å²) < 4.78 is 0. The normalized spacial score (nSPS) is 15.1. The molecule has 0 unspecified atom stereocenters. The first-order valence-electron chi connectivity index (χ1n) is 41.2. The van der Waals surface area contributed by atoms with Gasteiger partial charge in [0, 0.05) is 10.8 Å². The Labute approximate surface area is 587 Å². The lowest BCUT2D eigenvalue weighted by atomic mass is 9.52. The Bertz CT molecular complexity index is 3140. The van der Waals surface area contributed by atoms with E-state index >= 15 is 0 Å². The third kappa shape index (κ3) is 15.0. The minimum Gasteiger partial charge on any atom is -0.0654 e. The predicted octanol–water partition coefficient (Wildman–Crippen LogP) is 29.5. The Morgan fingerprint density at radius 1 is 0.188 bits per heavy atom. The molecule has 7 aromatic rings. The molecule has 0 heterocycles. The van der Waals surface area contributed by atoms with E-state index in [9.17, 15) is 0 Å². The van der Waals surface area contributed by atoms with Crippen molar-refractivity contribution in [1.29, 1.82) is 0 Å². The fraction of sp³-hybridized carbons (Fsp3) is 0.562. The molecule has 0 heteroatoms. The van der Waals surface area contributed by atoms with Gasteiger partial charge in [-0.3, -0.25) is 0 Å². The monoisotopic (exact) mass is 1280 g/mol. The first kappa shape index (κ1) is 71.8. The van der Waals surface area contributed by atoms with Crippen molar-refractivity contribution in [3.63, 3.8) is 0 Å². The van der Waals surface area contributed by atoms with Gasteiger partial charge >= 0.3 is 0 Å². The molecule has 11 rings (SSSR count). The predicted molar refractivity (Wildman–Crippen MR) is 418 cm³/mol. The van der Waals surface area contributed by atoms with E-state index in [1.165, 1.54) is 338 Å². The molecule has 0 atom stereocenters. The Balaban J connectivity index is 1.01. The minimum atomic E-state index is -0.472. The Morgan fingerprint density at radius 2 is 0.385 bits per heavy atom. The molecule has 0 aromatic heterocycles. The molecule has 0 nitrogen and oxygen atoms in total. The zero-order valence-corrected chi connectivity index (χ0v) is 62.0. The quantitative estimate of drug-likeness (QED) is 0.0334. The van der Waals surface area contributed by atoms with Crippen molar-refractivity contribution < 1.29 is 0 Å². The molecule has 4 aliphatic carbocycles. The van der Waals surface area contributed by atoms with Crippen molar-refractivity contribution in [2.45, 2.75) is 346 Å². The van der Waals surface area contributed by atoms with E-state index in [0.29, 0.717) is 0 Å². The molecule has 0 amide bonds. The number of aryl methyl sites for hydroxylation is 2. The van der Waals surface area contributed by atoms with Crippen molar-refractivity contribution in [3.8, 4) is 22.3 Å². The lowest BCUT2D eigenvalue weighted by molar-refractivity contribution is 0.371. The van der Waals surface area contributed by atoms with Crippen LogP contribution in [-0.2, 0) is 21.7 Å². The van der Waals surface area contributed by atoms with Crippen LogP contribution in [0.15, 0.2) is 146 Å². The van der Waals surface area contributed by atoms with Gasteiger partial charge in [0.1, 0.15) is 0 Å². The average Bonchev–Trinajstić information content (AvgIpc) is 1.44. The maximum atomic E-state index is 2.81. The molecule has 0 fully saturated rings. The van der Waals surface area contributed by atoms with Crippen LogP contribution < -0.4 is 0 Å². The third-order valence-electron chi connectivity index (χ3n) is 24.9. The summed E-state index contributed by atoms with van der Waals surface area (Å²) in [5.74, 6) is 0. The van der Waals surface area contributed by atoms with Crippen LogP contribution in [0, 0.1) is 13.8 Å². The summed E-state index contributed by atoms with van der Waals surface area (Å²) in [6.45, 7) is 14.1. The van der Waals surface area contributed by atoms with Gasteiger partial charge in [0.05, 0.1) is 10.8 Å². The van der Waals surface area contributed by atoms with Crippen LogP contribution in [0.2, 0.25) is 0 Å². The number of rotatable bonds is 44. The molecular weight excluding hydrogens is 1150 g/mol. The maximum absolute atomic E-state index is 2.81. The molecule has 0 aliphatic heterocycles. The van der Waals surface area contributed by atoms with Crippen LogP contribution in [0.3, 0.4) is 0 Å². The van der Waals surface area contributed by atoms with E-state index < -0.39 is 10.8 Å². The Hall–Kier alpha value is -5.46. The highest BCUT2D eigenvalue weighted by Gasteiger charge is 2.59. The van der Waals surface area contributed by atoms with E-state index in [-0.39, 0.29) is 10.8 Å². The van der Waals surface area contributed by atoms with Crippen LogP contribution in [0.4, 0.5) is 0 Å². The largest absolute Gasteiger partial charge is 0.0719 e. The molecule has 0 N–H and O–H groups in total. The number of unbranched alkanes of at least 4 members (excludes halogenated alkanes) is 36. The highest BCUT2D eigenvalue weighted by Crippen LogP contribution is 2.69. The molecule has 96 heavy (non-hydrogen) atoms. The summed E-state index contributed by atoms with van der Waals surface area (Å²) >= 11 is 0. The van der Waals surface area contributed by atoms with E-state index in [2.05, 4.69) is 187 Å². The summed E-state index contributed by atoms with van der Waals surface area (Å²) in [6.07, 6.45) is 59.6. The van der Waals surface area contributed by atoms with Crippen LogP contribution >= 0.6 is 0 Å². The fourth-order valence-electron chi connectivity index (χ4n) is 20.0. The standard InChI is InChI=1S/C96H130/c1-7-11-15-19-23-27-31-35-39-51-67-93(68-52-40-36-32-28-24-20-16-12-8-2)81-55-43-47-59-85(81)95(86-60-48-44-56-82(86)93)89-71-75(5)63-65-77(89)79-74-92-80(73-91(79)95)78-66-64-76(6)72-90(78)96(92)87-61-49-45-57-83(87)94(84-58-46-50-62-88(84)96,69-53-41-37-33-29-25-21-17-13-9-3)70-54-42-38-34-30-26-22-18-14-10-4/h43-50,55-66,71-74H,7-42,51-54,67-70H2,1-6H3. The molecule has 0 radical (unpaired) electrons. The van der Waals surface area contributed by atoms with E-state index in [1.54, 1.807) is 44.5 Å². The minimum absolute atomic E-state index is 0.0554. The fourth-order valence-corrected chi connectivity index (χ4v) is 20.0. The Kier molecular flexibility index (Phi) is 26.6. The SMILES string of the molecule is CCCCCCCCCCCCC1(CCCCCCCCCCCC)c2ccccc2C2(c3cc(C)ccc3-c3cc4c(cc32)-c2ccc(C)cc2C42c3ccccc3C(CCCCCCCCCCCC)(CCCCCCCCCCCC)c3ccccc32)c2ccccc21. The van der Waals surface area contributed by atoms with E-state index in [0.717, 1.165) is 0 Å². The van der Waals surface area contributed by atoms with Crippen molar-refractivity contribution in [3.05, 3.63) is 223 Å². The van der Waals surface area contributed by atoms with Crippen molar-refractivity contribution in [2.75, 3.05) is 0 Å². The van der Waals surface area contributed by atoms with E-state index in [4.69, 9.17) is 0 Å². The molecule has 2 spiro atoms. The second-order valence-corrected chi connectivity index (χ2v) is 31.6. The topological polar surface area (TPSA) is 0 Å². The van der Waals surface area contributed by atoms with Gasteiger partial charge in [-0.2, -0.15) is 0 Å². The summed E-state index contributed by atoms with van der Waals surface area (Å²) in [6, 6.07) is 61.3. The zero-order chi connectivity index (χ0) is 66.5. The number of benzene rings is 7.